The number of guanidine groups is 1. The summed E-state index contributed by atoms with van der Waals surface area (Å²) in [5.74, 6) is -1.48. The highest BCUT2D eigenvalue weighted by Gasteiger charge is 2.16. The summed E-state index contributed by atoms with van der Waals surface area (Å²) in [6.07, 6.45) is 0. The van der Waals surface area contributed by atoms with Crippen LogP contribution in [0.15, 0.2) is 34.2 Å². The van der Waals surface area contributed by atoms with E-state index >= 15 is 0 Å². The molecule has 0 aromatic heterocycles. The van der Waals surface area contributed by atoms with Crippen LogP contribution in [0.2, 0.25) is 0 Å². The smallest absolute Gasteiger partial charge is 0.335 e. The largest absolute Gasteiger partial charge is 0.478 e. The zero-order valence-corrected chi connectivity index (χ0v) is 9.73. The molecule has 0 atom stereocenters. The number of carboxylic acids is 1. The molecule has 0 aliphatic heterocycles. The number of hydrogen-bond acceptors (Lipinski definition) is 4. The molecule has 0 radical (unpaired) electrons. The van der Waals surface area contributed by atoms with E-state index in [4.69, 9.17) is 10.8 Å². The number of carbonyl (C=O) groups is 1. The van der Waals surface area contributed by atoms with Crippen molar-refractivity contribution in [1.82, 2.24) is 4.72 Å². The second-order valence-electron chi connectivity index (χ2n) is 3.05. The molecular weight excluding hydrogens is 246 g/mol. The van der Waals surface area contributed by atoms with Crippen LogP contribution in [0.25, 0.3) is 0 Å². The van der Waals surface area contributed by atoms with Crippen LogP contribution in [0.3, 0.4) is 0 Å². The third-order valence-corrected chi connectivity index (χ3v) is 3.22. The zero-order valence-electron chi connectivity index (χ0n) is 8.91. The first kappa shape index (κ1) is 13.0. The first-order valence-electron chi connectivity index (χ1n) is 4.45. The van der Waals surface area contributed by atoms with E-state index in [-0.39, 0.29) is 16.4 Å². The lowest BCUT2D eigenvalue weighted by atomic mass is 10.2. The lowest BCUT2D eigenvalue weighted by Crippen LogP contribution is -2.36. The van der Waals surface area contributed by atoms with E-state index in [0.717, 1.165) is 6.07 Å². The van der Waals surface area contributed by atoms with E-state index in [1.165, 1.54) is 25.2 Å². The van der Waals surface area contributed by atoms with Crippen LogP contribution < -0.4 is 10.5 Å². The van der Waals surface area contributed by atoms with Crippen molar-refractivity contribution in [3.63, 3.8) is 0 Å². The predicted octanol–water partition coefficient (Wildman–Crippen LogP) is -0.392. The Morgan fingerprint density at radius 2 is 2.12 bits per heavy atom. The quantitative estimate of drug-likeness (QED) is 0.502. The van der Waals surface area contributed by atoms with Crippen LogP contribution in [0.5, 0.6) is 0 Å². The van der Waals surface area contributed by atoms with Gasteiger partial charge in [0.15, 0.2) is 0 Å². The highest BCUT2D eigenvalue weighted by molar-refractivity contribution is 7.90. The minimum atomic E-state index is -3.90. The molecule has 1 aromatic rings. The van der Waals surface area contributed by atoms with Gasteiger partial charge in [-0.3, -0.25) is 4.99 Å². The third-order valence-electron chi connectivity index (χ3n) is 1.87. The summed E-state index contributed by atoms with van der Waals surface area (Å²) in [4.78, 5) is 13.9. The second kappa shape index (κ2) is 4.83. The average molecular weight is 257 g/mol. The Labute approximate surface area is 98.0 Å². The molecule has 0 unspecified atom stereocenters. The van der Waals surface area contributed by atoms with Crippen LogP contribution in [0, 0.1) is 0 Å². The molecule has 0 heterocycles. The van der Waals surface area contributed by atoms with Gasteiger partial charge in [0.2, 0.25) is 5.96 Å². The van der Waals surface area contributed by atoms with Crippen molar-refractivity contribution in [2.75, 3.05) is 7.05 Å². The summed E-state index contributed by atoms with van der Waals surface area (Å²) in [5, 5.41) is 8.74. The SMILES string of the molecule is CN=C(N)NS(=O)(=O)c1cccc(C(=O)O)c1. The fourth-order valence-corrected chi connectivity index (χ4v) is 2.06. The van der Waals surface area contributed by atoms with Crippen molar-refractivity contribution < 1.29 is 18.3 Å². The monoisotopic (exact) mass is 257 g/mol. The molecule has 8 heteroatoms. The van der Waals surface area contributed by atoms with Crippen molar-refractivity contribution in [2.24, 2.45) is 10.7 Å². The van der Waals surface area contributed by atoms with E-state index in [0.29, 0.717) is 0 Å². The van der Waals surface area contributed by atoms with Gasteiger partial charge in [-0.15, -0.1) is 0 Å². The van der Waals surface area contributed by atoms with Gasteiger partial charge < -0.3 is 10.8 Å². The minimum absolute atomic E-state index is 0.125. The van der Waals surface area contributed by atoms with Gasteiger partial charge in [0, 0.05) is 7.05 Å². The summed E-state index contributed by atoms with van der Waals surface area (Å²) >= 11 is 0. The Balaban J connectivity index is 3.16. The van der Waals surface area contributed by atoms with Crippen molar-refractivity contribution in [2.45, 2.75) is 4.90 Å². The number of aromatic carboxylic acids is 1. The number of nitrogens with zero attached hydrogens (tertiary/aromatic N) is 1. The molecular formula is C9H11N3O4S. The molecule has 92 valence electrons. The van der Waals surface area contributed by atoms with Gasteiger partial charge in [-0.1, -0.05) is 6.07 Å². The zero-order chi connectivity index (χ0) is 13.1. The number of carboxylic acid groups (broad SMARTS) is 1. The normalized spacial score (nSPS) is 12.2. The van der Waals surface area contributed by atoms with Gasteiger partial charge in [-0.25, -0.2) is 17.9 Å². The maximum Gasteiger partial charge on any atom is 0.335 e. The molecule has 0 amide bonds. The van der Waals surface area contributed by atoms with E-state index in [2.05, 4.69) is 4.99 Å². The van der Waals surface area contributed by atoms with E-state index in [1.54, 1.807) is 0 Å². The summed E-state index contributed by atoms with van der Waals surface area (Å²) < 4.78 is 25.4. The molecule has 17 heavy (non-hydrogen) atoms. The topological polar surface area (TPSA) is 122 Å². The van der Waals surface area contributed by atoms with Crippen LogP contribution in [0.4, 0.5) is 0 Å². The van der Waals surface area contributed by atoms with Gasteiger partial charge in [0.25, 0.3) is 10.0 Å². The van der Waals surface area contributed by atoms with Crippen molar-refractivity contribution in [3.8, 4) is 0 Å². The van der Waals surface area contributed by atoms with Gasteiger partial charge in [0.1, 0.15) is 0 Å². The number of sulfonamides is 1. The molecule has 0 saturated heterocycles. The molecule has 0 aliphatic carbocycles. The molecule has 1 rings (SSSR count). The molecule has 0 spiro atoms. The Morgan fingerprint density at radius 1 is 1.47 bits per heavy atom. The predicted molar refractivity (Wildman–Crippen MR) is 61.3 cm³/mol. The van der Waals surface area contributed by atoms with Crippen molar-refractivity contribution in [3.05, 3.63) is 29.8 Å². The number of hydrogen-bond donors (Lipinski definition) is 3. The van der Waals surface area contributed by atoms with E-state index in [1.807, 2.05) is 4.72 Å². The van der Waals surface area contributed by atoms with Crippen LogP contribution in [-0.2, 0) is 10.0 Å². The first-order chi connectivity index (χ1) is 7.86. The maximum atomic E-state index is 11.7. The fraction of sp³-hybridized carbons (Fsp3) is 0.111. The van der Waals surface area contributed by atoms with E-state index < -0.39 is 16.0 Å². The van der Waals surface area contributed by atoms with Gasteiger partial charge >= 0.3 is 5.97 Å². The third kappa shape index (κ3) is 3.18. The molecule has 1 aromatic carbocycles. The van der Waals surface area contributed by atoms with Crippen molar-refractivity contribution >= 4 is 22.0 Å². The Morgan fingerprint density at radius 3 is 2.65 bits per heavy atom. The van der Waals surface area contributed by atoms with Gasteiger partial charge in [0.05, 0.1) is 10.5 Å². The molecule has 0 fully saturated rings. The number of benzene rings is 1. The lowest BCUT2D eigenvalue weighted by molar-refractivity contribution is 0.0696. The standard InChI is InChI=1S/C9H11N3O4S/c1-11-9(10)12-17(15,16)7-4-2-3-6(5-7)8(13)14/h2-5H,1H3,(H,13,14)(H3,10,11,12). The highest BCUT2D eigenvalue weighted by atomic mass is 32.2. The lowest BCUT2D eigenvalue weighted by Gasteiger charge is -2.06. The summed E-state index contributed by atoms with van der Waals surface area (Å²) in [7, 11) is -2.57. The molecule has 4 N–H and O–H groups in total. The number of nitrogens with one attached hydrogen (secondary N) is 1. The fourth-order valence-electron chi connectivity index (χ4n) is 1.04. The Hall–Kier alpha value is -2.09. The summed E-state index contributed by atoms with van der Waals surface area (Å²) in [6.45, 7) is 0. The highest BCUT2D eigenvalue weighted by Crippen LogP contribution is 2.11. The molecule has 7 nitrogen and oxygen atoms in total. The molecule has 0 aliphatic rings. The molecule has 0 saturated carbocycles. The van der Waals surface area contributed by atoms with Gasteiger partial charge in [-0.05, 0) is 18.2 Å². The maximum absolute atomic E-state index is 11.7. The Bertz CT molecular complexity index is 565. The second-order valence-corrected chi connectivity index (χ2v) is 4.73. The van der Waals surface area contributed by atoms with Crippen LogP contribution >= 0.6 is 0 Å². The number of nitrogens with two attached hydrogens (primary N) is 1. The van der Waals surface area contributed by atoms with Crippen molar-refractivity contribution in [1.29, 1.82) is 0 Å². The van der Waals surface area contributed by atoms with Gasteiger partial charge in [-0.2, -0.15) is 0 Å². The summed E-state index contributed by atoms with van der Waals surface area (Å²) in [5.41, 5.74) is 5.11. The minimum Gasteiger partial charge on any atom is -0.478 e. The van der Waals surface area contributed by atoms with Crippen LogP contribution in [-0.4, -0.2) is 32.5 Å². The number of aliphatic imine (C=N–C) groups is 1. The van der Waals surface area contributed by atoms with E-state index in [9.17, 15) is 13.2 Å². The first-order valence-corrected chi connectivity index (χ1v) is 5.93. The Kier molecular flexibility index (Phi) is 3.69. The van der Waals surface area contributed by atoms with Crippen LogP contribution in [0.1, 0.15) is 10.4 Å². The number of rotatable bonds is 3. The average Bonchev–Trinajstić information content (AvgIpc) is 2.28. The molecule has 0 bridgehead atoms. The summed E-state index contributed by atoms with van der Waals surface area (Å²) in [6, 6.07) is 4.92.